The lowest BCUT2D eigenvalue weighted by Gasteiger charge is -2.39. The molecule has 0 spiro atoms. The Labute approximate surface area is 184 Å². The van der Waals surface area contributed by atoms with Crippen LogP contribution < -0.4 is 0 Å². The van der Waals surface area contributed by atoms with Crippen molar-refractivity contribution in [1.82, 2.24) is 19.6 Å². The quantitative estimate of drug-likeness (QED) is 0.359. The number of fused-ring (bicyclic) bond motifs is 10. The monoisotopic (exact) mass is 410 g/mol. The normalized spacial score (nSPS) is 18.1. The molecule has 31 heavy (non-hydrogen) atoms. The zero-order valence-corrected chi connectivity index (χ0v) is 19.2. The molecule has 5 rings (SSSR count). The molecule has 0 N–H and O–H groups in total. The van der Waals surface area contributed by atoms with Crippen molar-refractivity contribution in [2.24, 2.45) is 0 Å². The Balaban J connectivity index is 1.81. The van der Waals surface area contributed by atoms with E-state index >= 15 is 0 Å². The molecule has 1 aliphatic rings. The summed E-state index contributed by atoms with van der Waals surface area (Å²) in [5.74, 6) is 0. The van der Waals surface area contributed by atoms with Crippen molar-refractivity contribution in [3.05, 3.63) is 95.6 Å². The highest BCUT2D eigenvalue weighted by Gasteiger charge is 2.43. The molecule has 0 unspecified atom stereocenters. The molecule has 158 valence electrons. The molecule has 4 nitrogen and oxygen atoms in total. The van der Waals surface area contributed by atoms with Crippen LogP contribution in [0.1, 0.15) is 64.1 Å². The van der Waals surface area contributed by atoms with Gasteiger partial charge >= 0.3 is 0 Å². The lowest BCUT2D eigenvalue weighted by molar-refractivity contribution is 0.286. The van der Waals surface area contributed by atoms with Gasteiger partial charge < -0.3 is 0 Å². The van der Waals surface area contributed by atoms with Crippen LogP contribution in [-0.2, 0) is 16.2 Å². The summed E-state index contributed by atoms with van der Waals surface area (Å²) < 4.78 is 4.00. The molecule has 0 aliphatic carbocycles. The fraction of sp³-hybridized carbons (Fsp3) is 0.333. The van der Waals surface area contributed by atoms with Crippen molar-refractivity contribution in [2.45, 2.75) is 57.8 Å². The first kappa shape index (κ1) is 19.8. The van der Waals surface area contributed by atoms with E-state index in [0.717, 1.165) is 22.8 Å². The number of aromatic nitrogens is 4. The second-order valence-electron chi connectivity index (χ2n) is 10.3. The Kier molecular flexibility index (Phi) is 4.11. The molecule has 0 saturated heterocycles. The van der Waals surface area contributed by atoms with Gasteiger partial charge in [0.15, 0.2) is 0 Å². The zero-order chi connectivity index (χ0) is 22.0. The number of benzene rings is 2. The van der Waals surface area contributed by atoms with Gasteiger partial charge in [0, 0.05) is 28.6 Å². The van der Waals surface area contributed by atoms with Crippen LogP contribution in [0.25, 0.3) is 11.4 Å². The Hall–Kier alpha value is -3.14. The molecule has 3 heterocycles. The lowest BCUT2D eigenvalue weighted by Crippen LogP contribution is -2.41. The van der Waals surface area contributed by atoms with Crippen LogP contribution in [0.3, 0.4) is 0 Å². The Morgan fingerprint density at radius 1 is 0.581 bits per heavy atom. The van der Waals surface area contributed by atoms with Gasteiger partial charge in [-0.25, -0.2) is 9.36 Å². The van der Waals surface area contributed by atoms with Gasteiger partial charge in [-0.2, -0.15) is 10.2 Å². The average molecular weight is 411 g/mol. The van der Waals surface area contributed by atoms with Crippen LogP contribution >= 0.6 is 0 Å². The molecule has 0 atom stereocenters. The van der Waals surface area contributed by atoms with Gasteiger partial charge in [0.05, 0.1) is 22.8 Å². The third kappa shape index (κ3) is 2.88. The van der Waals surface area contributed by atoms with Gasteiger partial charge in [-0.3, -0.25) is 0 Å². The van der Waals surface area contributed by atoms with Gasteiger partial charge in [0.1, 0.15) is 0 Å². The second kappa shape index (κ2) is 6.43. The van der Waals surface area contributed by atoms with Crippen molar-refractivity contribution in [2.75, 3.05) is 0 Å². The molecular weight excluding hydrogens is 380 g/mol. The minimum absolute atomic E-state index is 0.156. The van der Waals surface area contributed by atoms with Crippen LogP contribution in [-0.4, -0.2) is 19.6 Å². The molecule has 0 fully saturated rings. The number of hydrogen-bond acceptors (Lipinski definition) is 2. The van der Waals surface area contributed by atoms with Crippen LogP contribution in [0, 0.1) is 0 Å². The topological polar surface area (TPSA) is 35.6 Å². The minimum atomic E-state index is -0.212. The number of nitrogens with zero attached hydrogens (tertiary/aromatic N) is 4. The highest BCUT2D eigenvalue weighted by molar-refractivity contribution is 5.47. The summed E-state index contributed by atoms with van der Waals surface area (Å²) in [4.78, 5) is 0. The van der Waals surface area contributed by atoms with Gasteiger partial charge in [0.25, 0.3) is 0 Å². The molecule has 0 amide bonds. The first-order valence-corrected chi connectivity index (χ1v) is 10.9. The van der Waals surface area contributed by atoms with Crippen molar-refractivity contribution in [1.29, 1.82) is 0 Å². The largest absolute Gasteiger partial charge is 0.241 e. The first-order valence-electron chi connectivity index (χ1n) is 10.9. The molecule has 0 radical (unpaired) electrons. The summed E-state index contributed by atoms with van der Waals surface area (Å²) in [5.41, 5.74) is 6.23. The standard InChI is InChI=1S/C27H30N4/c1-25(2)19-9-7-11-21(17-19)30-15-13-23(28-30)26(3,4)27(5,6)24-14-16-31(29-24)22-12-8-10-20(25)18-22/h7-18H,1-6H3. The fourth-order valence-electron chi connectivity index (χ4n) is 4.48. The predicted octanol–water partition coefficient (Wildman–Crippen LogP) is 5.95. The van der Waals surface area contributed by atoms with E-state index in [9.17, 15) is 0 Å². The second-order valence-corrected chi connectivity index (χ2v) is 10.3. The van der Waals surface area contributed by atoms with Crippen LogP contribution in [0.15, 0.2) is 73.1 Å². The van der Waals surface area contributed by atoms with E-state index in [2.05, 4.69) is 115 Å². The minimum Gasteiger partial charge on any atom is -0.241 e. The zero-order valence-electron chi connectivity index (χ0n) is 19.2. The third-order valence-corrected chi connectivity index (χ3v) is 7.69. The van der Waals surface area contributed by atoms with Crippen molar-refractivity contribution < 1.29 is 0 Å². The number of hydrogen-bond donors (Lipinski definition) is 0. The van der Waals surface area contributed by atoms with E-state index in [1.807, 2.05) is 9.36 Å². The molecule has 2 aromatic carbocycles. The highest BCUT2D eigenvalue weighted by atomic mass is 15.3. The third-order valence-electron chi connectivity index (χ3n) is 7.69. The van der Waals surface area contributed by atoms with Crippen molar-refractivity contribution in [3.8, 4) is 11.4 Å². The molecule has 4 heteroatoms. The van der Waals surface area contributed by atoms with Crippen LogP contribution in [0.5, 0.6) is 0 Å². The fourth-order valence-corrected chi connectivity index (χ4v) is 4.48. The smallest absolute Gasteiger partial charge is 0.0694 e. The van der Waals surface area contributed by atoms with Gasteiger partial charge in [-0.15, -0.1) is 0 Å². The Morgan fingerprint density at radius 2 is 1.00 bits per heavy atom. The summed E-state index contributed by atoms with van der Waals surface area (Å²) >= 11 is 0. The first-order chi connectivity index (χ1) is 14.6. The van der Waals surface area contributed by atoms with E-state index in [-0.39, 0.29) is 16.2 Å². The van der Waals surface area contributed by atoms with Gasteiger partial charge in [-0.1, -0.05) is 65.8 Å². The lowest BCUT2D eigenvalue weighted by atomic mass is 9.64. The highest BCUT2D eigenvalue weighted by Crippen LogP contribution is 2.43. The molecule has 8 bridgehead atoms. The average Bonchev–Trinajstić information content (AvgIpc) is 3.44. The van der Waals surface area contributed by atoms with Crippen molar-refractivity contribution in [3.63, 3.8) is 0 Å². The van der Waals surface area contributed by atoms with E-state index in [1.54, 1.807) is 0 Å². The Morgan fingerprint density at radius 3 is 1.42 bits per heavy atom. The summed E-state index contributed by atoms with van der Waals surface area (Å²) in [5, 5.41) is 10.0. The maximum absolute atomic E-state index is 5.02. The summed E-state index contributed by atoms with van der Waals surface area (Å²) in [7, 11) is 0. The van der Waals surface area contributed by atoms with E-state index in [4.69, 9.17) is 10.2 Å². The molecule has 1 aliphatic heterocycles. The van der Waals surface area contributed by atoms with Gasteiger partial charge in [-0.05, 0) is 47.5 Å². The van der Waals surface area contributed by atoms with E-state index in [0.29, 0.717) is 0 Å². The van der Waals surface area contributed by atoms with E-state index in [1.165, 1.54) is 11.1 Å². The molecule has 0 saturated carbocycles. The molecule has 2 aromatic heterocycles. The predicted molar refractivity (Wildman–Crippen MR) is 125 cm³/mol. The molecular formula is C27H30N4. The van der Waals surface area contributed by atoms with Crippen LogP contribution in [0.4, 0.5) is 0 Å². The Bertz CT molecular complexity index is 1170. The van der Waals surface area contributed by atoms with Gasteiger partial charge in [0.2, 0.25) is 0 Å². The summed E-state index contributed by atoms with van der Waals surface area (Å²) in [6.45, 7) is 13.6. The summed E-state index contributed by atoms with van der Waals surface area (Å²) in [6, 6.07) is 21.7. The molecule has 4 aromatic rings. The maximum Gasteiger partial charge on any atom is 0.0694 e. The maximum atomic E-state index is 5.02. The summed E-state index contributed by atoms with van der Waals surface area (Å²) in [6.07, 6.45) is 4.15. The number of rotatable bonds is 0. The van der Waals surface area contributed by atoms with E-state index < -0.39 is 0 Å². The SMILES string of the molecule is CC1(C)c2cccc(c2)-n2ccc(n2)C(C)(C)C(C)(C)c2ccn(n2)-c2cccc1c2. The van der Waals surface area contributed by atoms with Crippen LogP contribution in [0.2, 0.25) is 0 Å². The van der Waals surface area contributed by atoms with Crippen molar-refractivity contribution >= 4 is 0 Å².